The molecule has 1 atom stereocenters. The molecule has 2 amide bonds. The first-order valence-electron chi connectivity index (χ1n) is 15.8. The van der Waals surface area contributed by atoms with Crippen molar-refractivity contribution in [3.63, 3.8) is 0 Å². The van der Waals surface area contributed by atoms with Gasteiger partial charge in [-0.15, -0.1) is 0 Å². The molecule has 10 heteroatoms. The van der Waals surface area contributed by atoms with E-state index in [-0.39, 0.29) is 35.5 Å². The molecule has 0 heterocycles. The molecule has 8 nitrogen and oxygen atoms in total. The second-order valence-electron chi connectivity index (χ2n) is 11.7. The third-order valence-electron chi connectivity index (χ3n) is 8.43. The zero-order chi connectivity index (χ0) is 33.2. The van der Waals surface area contributed by atoms with E-state index in [4.69, 9.17) is 4.74 Å². The van der Waals surface area contributed by atoms with Crippen LogP contribution in [0.4, 0.5) is 10.1 Å². The number of halogens is 1. The highest BCUT2D eigenvalue weighted by Crippen LogP contribution is 2.26. The van der Waals surface area contributed by atoms with Crippen LogP contribution >= 0.6 is 0 Å². The highest BCUT2D eigenvalue weighted by Gasteiger charge is 2.35. The highest BCUT2D eigenvalue weighted by molar-refractivity contribution is 7.92. The van der Waals surface area contributed by atoms with Gasteiger partial charge in [0.25, 0.3) is 10.0 Å². The molecular weight excluding hydrogens is 617 g/mol. The first kappa shape index (κ1) is 33.7. The zero-order valence-corrected chi connectivity index (χ0v) is 27.2. The predicted molar refractivity (Wildman–Crippen MR) is 180 cm³/mol. The molecule has 0 bridgehead atoms. The SMILES string of the molecule is COc1cccc(CN(C(=O)CN(c2ccc(F)cc2)S(=O)(=O)c2ccccc2)[C@H](Cc2ccccc2)C(=O)NC2CCCCC2)c1. The summed E-state index contributed by atoms with van der Waals surface area (Å²) in [5.74, 6) is -0.840. The van der Waals surface area contributed by atoms with Crippen LogP contribution in [0, 0.1) is 5.82 Å². The summed E-state index contributed by atoms with van der Waals surface area (Å²) in [7, 11) is -2.72. The Kier molecular flexibility index (Phi) is 11.3. The maximum atomic E-state index is 14.6. The zero-order valence-electron chi connectivity index (χ0n) is 26.4. The van der Waals surface area contributed by atoms with Crippen molar-refractivity contribution in [1.82, 2.24) is 10.2 Å². The van der Waals surface area contributed by atoms with Crippen LogP contribution in [0.1, 0.15) is 43.2 Å². The Bertz CT molecular complexity index is 1730. The fraction of sp³-hybridized carbons (Fsp3) is 0.297. The lowest BCUT2D eigenvalue weighted by atomic mass is 9.94. The average Bonchev–Trinajstić information content (AvgIpc) is 3.10. The number of nitrogens with zero attached hydrogens (tertiary/aromatic N) is 2. The lowest BCUT2D eigenvalue weighted by Crippen LogP contribution is -2.55. The van der Waals surface area contributed by atoms with Crippen molar-refractivity contribution in [1.29, 1.82) is 0 Å². The third-order valence-corrected chi connectivity index (χ3v) is 10.2. The van der Waals surface area contributed by atoms with Crippen molar-refractivity contribution in [2.24, 2.45) is 0 Å². The Balaban J connectivity index is 1.56. The number of hydrogen-bond donors (Lipinski definition) is 1. The van der Waals surface area contributed by atoms with Gasteiger partial charge in [-0.3, -0.25) is 13.9 Å². The first-order chi connectivity index (χ1) is 22.7. The van der Waals surface area contributed by atoms with Crippen LogP contribution in [-0.2, 0) is 32.6 Å². The molecule has 5 rings (SSSR count). The van der Waals surface area contributed by atoms with Crippen molar-refractivity contribution in [3.8, 4) is 5.75 Å². The van der Waals surface area contributed by atoms with Gasteiger partial charge in [0.1, 0.15) is 24.2 Å². The minimum Gasteiger partial charge on any atom is -0.497 e. The number of ether oxygens (including phenoxy) is 1. The van der Waals surface area contributed by atoms with Gasteiger partial charge in [-0.05, 0) is 72.5 Å². The topological polar surface area (TPSA) is 96.0 Å². The Hall–Kier alpha value is -4.70. The van der Waals surface area contributed by atoms with Crippen molar-refractivity contribution >= 4 is 27.5 Å². The van der Waals surface area contributed by atoms with Gasteiger partial charge >= 0.3 is 0 Å². The summed E-state index contributed by atoms with van der Waals surface area (Å²) in [4.78, 5) is 30.2. The van der Waals surface area contributed by atoms with Gasteiger partial charge in [-0.1, -0.05) is 79.9 Å². The van der Waals surface area contributed by atoms with E-state index in [1.165, 1.54) is 29.2 Å². The molecule has 47 heavy (non-hydrogen) atoms. The van der Waals surface area contributed by atoms with Crippen LogP contribution in [0.2, 0.25) is 0 Å². The lowest BCUT2D eigenvalue weighted by molar-refractivity contribution is -0.140. The van der Waals surface area contributed by atoms with Crippen LogP contribution in [0.5, 0.6) is 5.75 Å². The van der Waals surface area contributed by atoms with E-state index < -0.39 is 34.3 Å². The fourth-order valence-corrected chi connectivity index (χ4v) is 7.36. The summed E-state index contributed by atoms with van der Waals surface area (Å²) in [5.41, 5.74) is 1.68. The Labute approximate surface area is 276 Å². The maximum absolute atomic E-state index is 14.6. The molecule has 4 aromatic rings. The van der Waals surface area contributed by atoms with Crippen LogP contribution in [-0.4, -0.2) is 50.9 Å². The van der Waals surface area contributed by atoms with E-state index >= 15 is 0 Å². The Morgan fingerprint density at radius 3 is 2.15 bits per heavy atom. The molecule has 0 saturated heterocycles. The molecule has 4 aromatic carbocycles. The van der Waals surface area contributed by atoms with Crippen LogP contribution < -0.4 is 14.4 Å². The monoisotopic (exact) mass is 657 g/mol. The molecule has 0 radical (unpaired) electrons. The number of carbonyl (C=O) groups excluding carboxylic acids is 2. The van der Waals surface area contributed by atoms with Gasteiger partial charge < -0.3 is 15.0 Å². The lowest BCUT2D eigenvalue weighted by Gasteiger charge is -2.35. The molecule has 0 aromatic heterocycles. The summed E-state index contributed by atoms with van der Waals surface area (Å²) < 4.78 is 48.4. The number of anilines is 1. The van der Waals surface area contributed by atoms with Crippen molar-refractivity contribution in [2.75, 3.05) is 18.0 Å². The van der Waals surface area contributed by atoms with E-state index in [2.05, 4.69) is 5.32 Å². The van der Waals surface area contributed by atoms with Crippen LogP contribution in [0.3, 0.4) is 0 Å². The number of benzene rings is 4. The number of methoxy groups -OCH3 is 1. The minimum atomic E-state index is -4.26. The standard InChI is InChI=1S/C37H40FN3O5S/c1-46-33-17-11-14-29(24-33)26-40(35(25-28-12-5-2-6-13-28)37(43)39-31-15-7-3-8-16-31)36(42)27-41(32-22-20-30(38)21-23-32)47(44,45)34-18-9-4-10-19-34/h2,4-6,9-14,17-24,31,35H,3,7-8,15-16,25-27H2,1H3,(H,39,43)/t35-/m1/s1. The van der Waals surface area contributed by atoms with E-state index in [9.17, 15) is 22.4 Å². The summed E-state index contributed by atoms with van der Waals surface area (Å²) in [6.45, 7) is -0.594. The molecule has 246 valence electrons. The third kappa shape index (κ3) is 8.77. The van der Waals surface area contributed by atoms with Gasteiger partial charge in [-0.2, -0.15) is 0 Å². The quantitative estimate of drug-likeness (QED) is 0.187. The maximum Gasteiger partial charge on any atom is 0.264 e. The molecule has 0 unspecified atom stereocenters. The largest absolute Gasteiger partial charge is 0.497 e. The van der Waals surface area contributed by atoms with Gasteiger partial charge in [0.2, 0.25) is 11.8 Å². The smallest absolute Gasteiger partial charge is 0.264 e. The average molecular weight is 658 g/mol. The number of nitrogens with one attached hydrogen (secondary N) is 1. The number of rotatable bonds is 13. The van der Waals surface area contributed by atoms with E-state index in [0.717, 1.165) is 54.1 Å². The number of sulfonamides is 1. The van der Waals surface area contributed by atoms with Gasteiger partial charge in [-0.25, -0.2) is 12.8 Å². The Morgan fingerprint density at radius 1 is 0.851 bits per heavy atom. The summed E-state index contributed by atoms with van der Waals surface area (Å²) in [6.07, 6.45) is 5.10. The van der Waals surface area contributed by atoms with Gasteiger partial charge in [0, 0.05) is 19.0 Å². The molecule has 0 aliphatic heterocycles. The molecule has 1 fully saturated rings. The molecule has 1 saturated carbocycles. The molecule has 1 aliphatic rings. The second kappa shape index (κ2) is 15.7. The van der Waals surface area contributed by atoms with E-state index in [1.807, 2.05) is 36.4 Å². The second-order valence-corrected chi connectivity index (χ2v) is 13.6. The van der Waals surface area contributed by atoms with E-state index in [1.54, 1.807) is 43.5 Å². The van der Waals surface area contributed by atoms with E-state index in [0.29, 0.717) is 11.3 Å². The molecule has 1 aliphatic carbocycles. The molecule has 0 spiro atoms. The van der Waals surface area contributed by atoms with Gasteiger partial charge in [0.05, 0.1) is 17.7 Å². The van der Waals surface area contributed by atoms with Crippen LogP contribution in [0.15, 0.2) is 114 Å². The van der Waals surface area contributed by atoms with Crippen molar-refractivity contribution < 1.29 is 27.1 Å². The van der Waals surface area contributed by atoms with Crippen LogP contribution in [0.25, 0.3) is 0 Å². The number of amides is 2. The first-order valence-corrected chi connectivity index (χ1v) is 17.3. The molecule has 1 N–H and O–H groups in total. The van der Waals surface area contributed by atoms with Crippen molar-refractivity contribution in [3.05, 3.63) is 126 Å². The van der Waals surface area contributed by atoms with Crippen molar-refractivity contribution in [2.45, 2.75) is 62.0 Å². The number of carbonyl (C=O) groups is 2. The normalized spacial score (nSPS) is 14.2. The Morgan fingerprint density at radius 2 is 1.49 bits per heavy atom. The molecular formula is C37H40FN3O5S. The highest BCUT2D eigenvalue weighted by atomic mass is 32.2. The predicted octanol–water partition coefficient (Wildman–Crippen LogP) is 6.12. The minimum absolute atomic E-state index is 0.00235. The number of hydrogen-bond acceptors (Lipinski definition) is 5. The summed E-state index contributed by atoms with van der Waals surface area (Å²) >= 11 is 0. The fourth-order valence-electron chi connectivity index (χ4n) is 5.92. The van der Waals surface area contributed by atoms with Gasteiger partial charge in [0.15, 0.2) is 0 Å². The summed E-state index contributed by atoms with van der Waals surface area (Å²) in [6, 6.07) is 28.4. The summed E-state index contributed by atoms with van der Waals surface area (Å²) in [5, 5.41) is 3.20.